The summed E-state index contributed by atoms with van der Waals surface area (Å²) in [4.78, 5) is 35.8. The van der Waals surface area contributed by atoms with E-state index in [0.29, 0.717) is 12.5 Å². The highest BCUT2D eigenvalue weighted by atomic mass is 16.5. The average Bonchev–Trinajstić information content (AvgIpc) is 2.46. The van der Waals surface area contributed by atoms with Gasteiger partial charge < -0.3 is 14.7 Å². The molecular formula is C14H22N2O5. The first kappa shape index (κ1) is 15.8. The predicted octanol–water partition coefficient (Wildman–Crippen LogP) is 0.978. The Labute approximate surface area is 123 Å². The summed E-state index contributed by atoms with van der Waals surface area (Å²) in [5.74, 6) is -1.19. The number of imide groups is 1. The summed E-state index contributed by atoms with van der Waals surface area (Å²) >= 11 is 0. The molecule has 0 unspecified atom stereocenters. The molecule has 2 N–H and O–H groups in total. The monoisotopic (exact) mass is 298 g/mol. The summed E-state index contributed by atoms with van der Waals surface area (Å²) in [6.07, 6.45) is 6.63. The lowest BCUT2D eigenvalue weighted by molar-refractivity contribution is -0.143. The SMILES string of the molecule is O=C(O)COCC(=O)NC(=O)N1CCC[C@H]2CCCC[C@H]21. The third-order valence-electron chi connectivity index (χ3n) is 4.21. The van der Waals surface area contributed by atoms with Gasteiger partial charge in [-0.05, 0) is 31.6 Å². The Kier molecular flexibility index (Phi) is 5.55. The Morgan fingerprint density at radius 3 is 2.57 bits per heavy atom. The highest BCUT2D eigenvalue weighted by molar-refractivity contribution is 5.95. The molecule has 7 heteroatoms. The minimum Gasteiger partial charge on any atom is -0.480 e. The van der Waals surface area contributed by atoms with Crippen molar-refractivity contribution in [2.75, 3.05) is 19.8 Å². The maximum absolute atomic E-state index is 12.2. The average molecular weight is 298 g/mol. The third kappa shape index (κ3) is 4.42. The number of urea groups is 1. The second-order valence-corrected chi connectivity index (χ2v) is 5.69. The van der Waals surface area contributed by atoms with Crippen molar-refractivity contribution in [3.05, 3.63) is 0 Å². The lowest BCUT2D eigenvalue weighted by Crippen LogP contribution is -2.54. The number of nitrogens with one attached hydrogen (secondary N) is 1. The van der Waals surface area contributed by atoms with Crippen LogP contribution in [0.4, 0.5) is 4.79 Å². The van der Waals surface area contributed by atoms with E-state index < -0.39 is 25.1 Å². The van der Waals surface area contributed by atoms with Crippen LogP contribution in [0.2, 0.25) is 0 Å². The molecule has 2 atom stereocenters. The van der Waals surface area contributed by atoms with Crippen LogP contribution in [0.5, 0.6) is 0 Å². The van der Waals surface area contributed by atoms with Crippen molar-refractivity contribution in [2.24, 2.45) is 5.92 Å². The highest BCUT2D eigenvalue weighted by Crippen LogP contribution is 2.35. The van der Waals surface area contributed by atoms with Crippen molar-refractivity contribution >= 4 is 17.9 Å². The van der Waals surface area contributed by atoms with E-state index in [1.165, 1.54) is 6.42 Å². The van der Waals surface area contributed by atoms with Crippen LogP contribution in [-0.2, 0) is 14.3 Å². The van der Waals surface area contributed by atoms with Gasteiger partial charge in [-0.3, -0.25) is 10.1 Å². The number of ether oxygens (including phenoxy) is 1. The Morgan fingerprint density at radius 1 is 1.10 bits per heavy atom. The van der Waals surface area contributed by atoms with E-state index in [1.54, 1.807) is 4.90 Å². The van der Waals surface area contributed by atoms with Gasteiger partial charge in [-0.25, -0.2) is 9.59 Å². The predicted molar refractivity (Wildman–Crippen MR) is 73.7 cm³/mol. The molecule has 2 aliphatic rings. The lowest BCUT2D eigenvalue weighted by atomic mass is 9.78. The van der Waals surface area contributed by atoms with Gasteiger partial charge >= 0.3 is 12.0 Å². The molecule has 21 heavy (non-hydrogen) atoms. The second-order valence-electron chi connectivity index (χ2n) is 5.69. The number of piperidine rings is 1. The number of nitrogens with zero attached hydrogens (tertiary/aromatic N) is 1. The zero-order chi connectivity index (χ0) is 15.2. The topological polar surface area (TPSA) is 95.9 Å². The Bertz CT molecular complexity index is 410. The second kappa shape index (κ2) is 7.40. The van der Waals surface area contributed by atoms with Crippen molar-refractivity contribution in [3.63, 3.8) is 0 Å². The summed E-state index contributed by atoms with van der Waals surface area (Å²) in [6.45, 7) is -0.285. The molecule has 2 fully saturated rings. The summed E-state index contributed by atoms with van der Waals surface area (Å²) in [6, 6.07) is -0.143. The van der Waals surface area contributed by atoms with E-state index in [0.717, 1.165) is 32.1 Å². The van der Waals surface area contributed by atoms with Gasteiger partial charge in [0, 0.05) is 12.6 Å². The molecule has 0 aromatic heterocycles. The Hall–Kier alpha value is -1.63. The number of likely N-dealkylation sites (tertiary alicyclic amines) is 1. The summed E-state index contributed by atoms with van der Waals surface area (Å²) < 4.78 is 4.67. The van der Waals surface area contributed by atoms with Crippen molar-refractivity contribution in [1.82, 2.24) is 10.2 Å². The van der Waals surface area contributed by atoms with Gasteiger partial charge in [0.15, 0.2) is 0 Å². The minimum atomic E-state index is -1.14. The van der Waals surface area contributed by atoms with Crippen molar-refractivity contribution in [2.45, 2.75) is 44.6 Å². The summed E-state index contributed by atoms with van der Waals surface area (Å²) in [5.41, 5.74) is 0. The molecule has 0 radical (unpaired) electrons. The molecule has 0 aromatic carbocycles. The number of hydrogen-bond donors (Lipinski definition) is 2. The molecule has 7 nitrogen and oxygen atoms in total. The molecule has 1 saturated carbocycles. The molecule has 1 aliphatic carbocycles. The van der Waals surface area contributed by atoms with Gasteiger partial charge in [0.05, 0.1) is 0 Å². The van der Waals surface area contributed by atoms with Gasteiger partial charge in [0.25, 0.3) is 5.91 Å². The zero-order valence-corrected chi connectivity index (χ0v) is 12.0. The van der Waals surface area contributed by atoms with Gasteiger partial charge in [-0.1, -0.05) is 12.8 Å². The van der Waals surface area contributed by atoms with Gasteiger partial charge in [0.2, 0.25) is 0 Å². The number of fused-ring (bicyclic) bond motifs is 1. The van der Waals surface area contributed by atoms with Gasteiger partial charge in [-0.2, -0.15) is 0 Å². The van der Waals surface area contributed by atoms with Crippen LogP contribution in [0.1, 0.15) is 38.5 Å². The smallest absolute Gasteiger partial charge is 0.329 e. The minimum absolute atomic E-state index is 0.236. The quantitative estimate of drug-likeness (QED) is 0.806. The number of carbonyl (C=O) groups is 3. The number of amides is 3. The number of carboxylic acid groups (broad SMARTS) is 1. The molecule has 1 aliphatic heterocycles. The fourth-order valence-corrected chi connectivity index (χ4v) is 3.34. The molecule has 1 heterocycles. The summed E-state index contributed by atoms with van der Waals surface area (Å²) in [5, 5.41) is 10.7. The number of hydrogen-bond acceptors (Lipinski definition) is 4. The van der Waals surface area contributed by atoms with Crippen LogP contribution >= 0.6 is 0 Å². The maximum atomic E-state index is 12.2. The number of carbonyl (C=O) groups excluding carboxylic acids is 2. The molecule has 3 amide bonds. The number of aliphatic carboxylic acids is 1. The van der Waals surface area contributed by atoms with Crippen LogP contribution in [-0.4, -0.2) is 53.7 Å². The molecule has 0 aromatic rings. The normalized spacial score (nSPS) is 25.0. The van der Waals surface area contributed by atoms with Gasteiger partial charge in [0.1, 0.15) is 13.2 Å². The standard InChI is InChI=1S/C14H22N2O5/c17-12(8-21-9-13(18)19)15-14(20)16-7-3-5-10-4-1-2-6-11(10)16/h10-11H,1-9H2,(H,18,19)(H,15,17,20)/t10-,11-/m1/s1. The Balaban J connectivity index is 1.81. The Morgan fingerprint density at radius 2 is 1.81 bits per heavy atom. The zero-order valence-electron chi connectivity index (χ0n) is 12.0. The van der Waals surface area contributed by atoms with Crippen molar-refractivity contribution in [1.29, 1.82) is 0 Å². The van der Waals surface area contributed by atoms with Crippen molar-refractivity contribution < 1.29 is 24.2 Å². The molecular weight excluding hydrogens is 276 g/mol. The molecule has 1 saturated heterocycles. The van der Waals surface area contributed by atoms with E-state index in [9.17, 15) is 14.4 Å². The van der Waals surface area contributed by atoms with Crippen LogP contribution < -0.4 is 5.32 Å². The van der Waals surface area contributed by atoms with E-state index in [1.807, 2.05) is 0 Å². The first-order valence-electron chi connectivity index (χ1n) is 7.48. The van der Waals surface area contributed by atoms with Crippen LogP contribution in [0.3, 0.4) is 0 Å². The first-order chi connectivity index (χ1) is 10.1. The summed E-state index contributed by atoms with van der Waals surface area (Å²) in [7, 11) is 0. The lowest BCUT2D eigenvalue weighted by Gasteiger charge is -2.43. The van der Waals surface area contributed by atoms with E-state index in [-0.39, 0.29) is 12.1 Å². The molecule has 118 valence electrons. The van der Waals surface area contributed by atoms with Crippen LogP contribution in [0.15, 0.2) is 0 Å². The van der Waals surface area contributed by atoms with Crippen LogP contribution in [0, 0.1) is 5.92 Å². The third-order valence-corrected chi connectivity index (χ3v) is 4.21. The fraction of sp³-hybridized carbons (Fsp3) is 0.786. The fourth-order valence-electron chi connectivity index (χ4n) is 3.34. The van der Waals surface area contributed by atoms with Crippen LogP contribution in [0.25, 0.3) is 0 Å². The van der Waals surface area contributed by atoms with E-state index in [2.05, 4.69) is 10.1 Å². The molecule has 0 bridgehead atoms. The number of carboxylic acids is 1. The van der Waals surface area contributed by atoms with E-state index in [4.69, 9.17) is 5.11 Å². The van der Waals surface area contributed by atoms with E-state index >= 15 is 0 Å². The largest absolute Gasteiger partial charge is 0.480 e. The van der Waals surface area contributed by atoms with Crippen molar-refractivity contribution in [3.8, 4) is 0 Å². The first-order valence-corrected chi connectivity index (χ1v) is 7.48. The highest BCUT2D eigenvalue weighted by Gasteiger charge is 2.36. The molecule has 2 rings (SSSR count). The van der Waals surface area contributed by atoms with Gasteiger partial charge in [-0.15, -0.1) is 0 Å². The number of rotatable bonds is 4. The molecule has 0 spiro atoms. The maximum Gasteiger partial charge on any atom is 0.329 e.